The van der Waals surface area contributed by atoms with E-state index >= 15 is 0 Å². The van der Waals surface area contributed by atoms with Gasteiger partial charge in [-0.05, 0) is 31.3 Å². The first kappa shape index (κ1) is 21.1. The first-order valence-electron chi connectivity index (χ1n) is 8.48. The molecule has 0 radical (unpaired) electrons. The zero-order valence-corrected chi connectivity index (χ0v) is 16.8. The van der Waals surface area contributed by atoms with Gasteiger partial charge in [0.25, 0.3) is 5.91 Å². The van der Waals surface area contributed by atoms with Crippen LogP contribution in [-0.4, -0.2) is 51.9 Å². The van der Waals surface area contributed by atoms with Crippen molar-refractivity contribution >= 4 is 45.0 Å². The molecule has 0 spiro atoms. The molecule has 1 amide bonds. The van der Waals surface area contributed by atoms with Gasteiger partial charge < -0.3 is 4.90 Å². The second-order valence-electron chi connectivity index (χ2n) is 5.68. The Morgan fingerprint density at radius 2 is 1.96 bits per heavy atom. The zero-order valence-electron chi connectivity index (χ0n) is 15.1. The van der Waals surface area contributed by atoms with E-state index in [-0.39, 0.29) is 29.8 Å². The van der Waals surface area contributed by atoms with Crippen LogP contribution in [0.25, 0.3) is 10.2 Å². The van der Waals surface area contributed by atoms with Crippen molar-refractivity contribution in [3.63, 3.8) is 0 Å². The molecular formula is C18H21ClFN5OS. The van der Waals surface area contributed by atoms with Gasteiger partial charge in [0.1, 0.15) is 11.5 Å². The van der Waals surface area contributed by atoms with Crippen LogP contribution in [0.4, 0.5) is 9.52 Å². The number of hydrogen-bond acceptors (Lipinski definition) is 6. The van der Waals surface area contributed by atoms with Crippen LogP contribution in [0.15, 0.2) is 36.8 Å². The van der Waals surface area contributed by atoms with Crippen molar-refractivity contribution in [3.8, 4) is 0 Å². The number of fused-ring (bicyclic) bond motifs is 1. The predicted octanol–water partition coefficient (Wildman–Crippen LogP) is 3.64. The van der Waals surface area contributed by atoms with Crippen molar-refractivity contribution in [1.29, 1.82) is 0 Å². The molecule has 0 aliphatic rings. The summed E-state index contributed by atoms with van der Waals surface area (Å²) in [5.41, 5.74) is 0.934. The molecule has 1 aromatic carbocycles. The third kappa shape index (κ3) is 4.97. The van der Waals surface area contributed by atoms with Crippen LogP contribution < -0.4 is 4.90 Å². The molecule has 0 unspecified atom stereocenters. The number of halogens is 2. The highest BCUT2D eigenvalue weighted by molar-refractivity contribution is 7.22. The van der Waals surface area contributed by atoms with Crippen LogP contribution in [0.3, 0.4) is 0 Å². The average Bonchev–Trinajstić information content (AvgIpc) is 3.08. The summed E-state index contributed by atoms with van der Waals surface area (Å²) >= 11 is 1.30. The Kier molecular flexibility index (Phi) is 7.58. The summed E-state index contributed by atoms with van der Waals surface area (Å²) in [5, 5.41) is 0.536. The fraction of sp³-hybridized carbons (Fsp3) is 0.333. The molecule has 0 N–H and O–H groups in total. The van der Waals surface area contributed by atoms with E-state index < -0.39 is 0 Å². The molecule has 6 nitrogen and oxygen atoms in total. The fourth-order valence-electron chi connectivity index (χ4n) is 2.61. The van der Waals surface area contributed by atoms with Crippen molar-refractivity contribution in [2.45, 2.75) is 13.8 Å². The Morgan fingerprint density at radius 1 is 1.19 bits per heavy atom. The molecule has 144 valence electrons. The minimum Gasteiger partial charge on any atom is -0.302 e. The number of nitrogens with zero attached hydrogens (tertiary/aromatic N) is 5. The molecule has 0 saturated carbocycles. The van der Waals surface area contributed by atoms with Crippen LogP contribution in [0.5, 0.6) is 0 Å². The second kappa shape index (κ2) is 9.68. The van der Waals surface area contributed by atoms with E-state index in [2.05, 4.69) is 33.7 Å². The molecule has 27 heavy (non-hydrogen) atoms. The first-order chi connectivity index (χ1) is 12.6. The molecule has 0 aliphatic carbocycles. The Morgan fingerprint density at radius 3 is 2.63 bits per heavy atom. The lowest BCUT2D eigenvalue weighted by molar-refractivity contribution is 0.0978. The maximum Gasteiger partial charge on any atom is 0.280 e. The van der Waals surface area contributed by atoms with Gasteiger partial charge in [0.15, 0.2) is 5.13 Å². The van der Waals surface area contributed by atoms with Crippen molar-refractivity contribution in [2.75, 3.05) is 31.1 Å². The quantitative estimate of drug-likeness (QED) is 0.596. The number of benzene rings is 1. The third-order valence-electron chi connectivity index (χ3n) is 4.13. The minimum atomic E-state index is -0.317. The lowest BCUT2D eigenvalue weighted by Gasteiger charge is -2.24. The van der Waals surface area contributed by atoms with Gasteiger partial charge in [0, 0.05) is 25.5 Å². The highest BCUT2D eigenvalue weighted by Gasteiger charge is 2.23. The number of hydrogen-bond donors (Lipinski definition) is 0. The van der Waals surface area contributed by atoms with Gasteiger partial charge in [-0.15, -0.1) is 12.4 Å². The number of carbonyl (C=O) groups is 1. The SMILES string of the molecule is CCN(CC)CCN(C(=O)c1cnccn1)c1nc2ccc(F)cc2s1.Cl. The van der Waals surface area contributed by atoms with Gasteiger partial charge in [0.2, 0.25) is 0 Å². The molecular weight excluding hydrogens is 389 g/mol. The number of amides is 1. The van der Waals surface area contributed by atoms with E-state index in [1.54, 1.807) is 11.0 Å². The summed E-state index contributed by atoms with van der Waals surface area (Å²) in [5.74, 6) is -0.576. The number of thiazole rings is 1. The summed E-state index contributed by atoms with van der Waals surface area (Å²) in [4.78, 5) is 29.4. The Balaban J connectivity index is 0.00000261. The van der Waals surface area contributed by atoms with Crippen LogP contribution >= 0.6 is 23.7 Å². The maximum absolute atomic E-state index is 13.5. The van der Waals surface area contributed by atoms with E-state index in [4.69, 9.17) is 0 Å². The number of aromatic nitrogens is 3. The van der Waals surface area contributed by atoms with Crippen molar-refractivity contribution < 1.29 is 9.18 Å². The molecule has 3 rings (SSSR count). The molecule has 0 fully saturated rings. The monoisotopic (exact) mass is 409 g/mol. The van der Waals surface area contributed by atoms with Gasteiger partial charge in [0.05, 0.1) is 16.4 Å². The minimum absolute atomic E-state index is 0. The lowest BCUT2D eigenvalue weighted by atomic mass is 10.3. The average molecular weight is 410 g/mol. The Bertz CT molecular complexity index is 888. The van der Waals surface area contributed by atoms with Crippen LogP contribution in [-0.2, 0) is 0 Å². The molecule has 0 atom stereocenters. The second-order valence-corrected chi connectivity index (χ2v) is 6.69. The number of likely N-dealkylation sites (N-methyl/N-ethyl adjacent to an activating group) is 1. The van der Waals surface area contributed by atoms with Crippen LogP contribution in [0.1, 0.15) is 24.3 Å². The Hall–Kier alpha value is -2.16. The zero-order chi connectivity index (χ0) is 18.5. The summed E-state index contributed by atoms with van der Waals surface area (Å²) in [7, 11) is 0. The van der Waals surface area contributed by atoms with E-state index in [9.17, 15) is 9.18 Å². The first-order valence-corrected chi connectivity index (χ1v) is 9.30. The molecule has 0 bridgehead atoms. The molecule has 9 heteroatoms. The third-order valence-corrected chi connectivity index (χ3v) is 5.17. The smallest absolute Gasteiger partial charge is 0.280 e. The van der Waals surface area contributed by atoms with Gasteiger partial charge in [-0.25, -0.2) is 14.4 Å². The van der Waals surface area contributed by atoms with E-state index in [1.807, 2.05) is 0 Å². The molecule has 2 aromatic heterocycles. The number of carbonyl (C=O) groups excluding carboxylic acids is 1. The molecule has 3 aromatic rings. The summed E-state index contributed by atoms with van der Waals surface area (Å²) in [6.07, 6.45) is 4.46. The summed E-state index contributed by atoms with van der Waals surface area (Å²) < 4.78 is 14.2. The highest BCUT2D eigenvalue weighted by Crippen LogP contribution is 2.30. The van der Waals surface area contributed by atoms with Crippen molar-refractivity contribution in [2.24, 2.45) is 0 Å². The molecule has 0 saturated heterocycles. The normalized spacial score (nSPS) is 10.8. The number of rotatable bonds is 7. The fourth-order valence-corrected chi connectivity index (χ4v) is 3.63. The van der Waals surface area contributed by atoms with Crippen LogP contribution in [0.2, 0.25) is 0 Å². The van der Waals surface area contributed by atoms with E-state index in [0.717, 1.165) is 13.1 Å². The maximum atomic E-state index is 13.5. The highest BCUT2D eigenvalue weighted by atomic mass is 35.5. The van der Waals surface area contributed by atoms with Gasteiger partial charge in [-0.3, -0.25) is 14.7 Å². The van der Waals surface area contributed by atoms with Crippen LogP contribution in [0, 0.1) is 5.82 Å². The largest absolute Gasteiger partial charge is 0.302 e. The van der Waals surface area contributed by atoms with Crippen molar-refractivity contribution in [3.05, 3.63) is 48.3 Å². The molecule has 2 heterocycles. The predicted molar refractivity (Wildman–Crippen MR) is 108 cm³/mol. The van der Waals surface area contributed by atoms with E-state index in [0.29, 0.717) is 28.4 Å². The summed E-state index contributed by atoms with van der Waals surface area (Å²) in [6.45, 7) is 7.14. The Labute approximate surface area is 167 Å². The summed E-state index contributed by atoms with van der Waals surface area (Å²) in [6, 6.07) is 4.43. The molecule has 0 aliphatic heterocycles. The van der Waals surface area contributed by atoms with Gasteiger partial charge in [-0.1, -0.05) is 25.2 Å². The van der Waals surface area contributed by atoms with Gasteiger partial charge in [-0.2, -0.15) is 0 Å². The van der Waals surface area contributed by atoms with Gasteiger partial charge >= 0.3 is 0 Å². The number of anilines is 1. The standard InChI is InChI=1S/C18H20FN5OS.ClH/c1-3-23(4-2)9-10-24(17(25)15-12-20-7-8-21-15)18-22-14-6-5-13(19)11-16(14)26-18;/h5-8,11-12H,3-4,9-10H2,1-2H3;1H. The lowest BCUT2D eigenvalue weighted by Crippen LogP contribution is -2.39. The van der Waals surface area contributed by atoms with Crippen molar-refractivity contribution in [1.82, 2.24) is 19.9 Å². The van der Waals surface area contributed by atoms with E-state index in [1.165, 1.54) is 42.1 Å². The topological polar surface area (TPSA) is 62.2 Å².